The Balaban J connectivity index is 1.88. The van der Waals surface area contributed by atoms with E-state index < -0.39 is 5.97 Å². The summed E-state index contributed by atoms with van der Waals surface area (Å²) >= 11 is 0. The number of pyridine rings is 1. The fourth-order valence-electron chi connectivity index (χ4n) is 2.63. The maximum absolute atomic E-state index is 12.7. The molecule has 1 aromatic carbocycles. The van der Waals surface area contributed by atoms with Gasteiger partial charge >= 0.3 is 5.97 Å². The van der Waals surface area contributed by atoms with E-state index in [1.807, 2.05) is 18.2 Å². The van der Waals surface area contributed by atoms with Gasteiger partial charge in [0.1, 0.15) is 0 Å². The highest BCUT2D eigenvalue weighted by atomic mass is 16.5. The first-order chi connectivity index (χ1) is 12.5. The molecule has 0 aliphatic carbocycles. The molecule has 0 spiro atoms. The van der Waals surface area contributed by atoms with Gasteiger partial charge in [-0.2, -0.15) is 5.10 Å². The number of nitrogens with one attached hydrogen (secondary N) is 1. The summed E-state index contributed by atoms with van der Waals surface area (Å²) in [5.74, 6) is -0.125. The second-order valence-electron chi connectivity index (χ2n) is 5.67. The first-order valence-corrected chi connectivity index (χ1v) is 7.98. The largest absolute Gasteiger partial charge is 0.465 e. The lowest BCUT2D eigenvalue weighted by molar-refractivity contribution is 0.0599. The van der Waals surface area contributed by atoms with Gasteiger partial charge in [0.15, 0.2) is 5.82 Å². The predicted molar refractivity (Wildman–Crippen MR) is 96.6 cm³/mol. The zero-order valence-electron chi connectivity index (χ0n) is 14.7. The molecule has 0 saturated carbocycles. The number of amides is 1. The number of methoxy groups -OCH3 is 1. The number of ether oxygens (including phenoxy) is 1. The van der Waals surface area contributed by atoms with Gasteiger partial charge < -0.3 is 10.1 Å². The topological polar surface area (TPSA) is 86.1 Å². The van der Waals surface area contributed by atoms with Crippen LogP contribution in [0.1, 0.15) is 32.0 Å². The van der Waals surface area contributed by atoms with Gasteiger partial charge in [-0.25, -0.2) is 14.5 Å². The first-order valence-electron chi connectivity index (χ1n) is 7.98. The average molecular weight is 350 g/mol. The molecule has 2 heterocycles. The minimum atomic E-state index is -0.447. The van der Waals surface area contributed by atoms with Gasteiger partial charge in [0.05, 0.1) is 30.1 Å². The van der Waals surface area contributed by atoms with Crippen molar-refractivity contribution in [1.82, 2.24) is 14.8 Å². The third kappa shape index (κ3) is 3.19. The summed E-state index contributed by atoms with van der Waals surface area (Å²) in [4.78, 5) is 28.7. The van der Waals surface area contributed by atoms with E-state index in [0.29, 0.717) is 33.9 Å². The van der Waals surface area contributed by atoms with Crippen LogP contribution in [0.15, 0.2) is 48.8 Å². The van der Waals surface area contributed by atoms with Crippen molar-refractivity contribution in [2.24, 2.45) is 0 Å². The van der Waals surface area contributed by atoms with E-state index in [0.717, 1.165) is 0 Å². The third-order valence-electron chi connectivity index (χ3n) is 4.11. The Hall–Kier alpha value is -3.48. The molecule has 7 nitrogen and oxygen atoms in total. The van der Waals surface area contributed by atoms with Gasteiger partial charge in [-0.05, 0) is 43.7 Å². The van der Waals surface area contributed by atoms with E-state index in [1.165, 1.54) is 13.3 Å². The zero-order valence-corrected chi connectivity index (χ0v) is 14.7. The summed E-state index contributed by atoms with van der Waals surface area (Å²) in [7, 11) is 1.32. The number of aromatic nitrogens is 3. The van der Waals surface area contributed by atoms with Gasteiger partial charge in [-0.15, -0.1) is 0 Å². The smallest absolute Gasteiger partial charge is 0.338 e. The van der Waals surface area contributed by atoms with Gasteiger partial charge in [-0.1, -0.05) is 12.1 Å². The average Bonchev–Trinajstić information content (AvgIpc) is 3.05. The van der Waals surface area contributed by atoms with Gasteiger partial charge in [0, 0.05) is 11.9 Å². The molecule has 0 unspecified atom stereocenters. The lowest BCUT2D eigenvalue weighted by Crippen LogP contribution is -2.15. The fraction of sp³-hybridized carbons (Fsp3) is 0.158. The number of carbonyl (C=O) groups excluding carboxylic acids is 2. The van der Waals surface area contributed by atoms with Crippen LogP contribution < -0.4 is 5.32 Å². The SMILES string of the molecule is COC(=O)c1cccc(NC(=O)c2cnn(-c3ccccn3)c2C)c1C. The van der Waals surface area contributed by atoms with Crippen LogP contribution in [0.5, 0.6) is 0 Å². The predicted octanol–water partition coefficient (Wildman–Crippen LogP) is 2.92. The van der Waals surface area contributed by atoms with E-state index in [9.17, 15) is 9.59 Å². The summed E-state index contributed by atoms with van der Waals surface area (Å²) in [6.45, 7) is 3.56. The van der Waals surface area contributed by atoms with Gasteiger partial charge in [-0.3, -0.25) is 4.79 Å². The van der Waals surface area contributed by atoms with Crippen molar-refractivity contribution in [2.75, 3.05) is 12.4 Å². The Kier molecular flexibility index (Phi) is 4.79. The zero-order chi connectivity index (χ0) is 18.7. The quantitative estimate of drug-likeness (QED) is 0.731. The molecule has 132 valence electrons. The van der Waals surface area contributed by atoms with E-state index in [1.54, 1.807) is 42.9 Å². The molecule has 1 amide bonds. The van der Waals surface area contributed by atoms with E-state index >= 15 is 0 Å². The summed E-state index contributed by atoms with van der Waals surface area (Å²) in [6.07, 6.45) is 3.16. The number of rotatable bonds is 4. The highest BCUT2D eigenvalue weighted by molar-refractivity contribution is 6.06. The molecule has 0 fully saturated rings. The van der Waals surface area contributed by atoms with Crippen molar-refractivity contribution in [1.29, 1.82) is 0 Å². The lowest BCUT2D eigenvalue weighted by Gasteiger charge is -2.11. The lowest BCUT2D eigenvalue weighted by atomic mass is 10.1. The normalized spacial score (nSPS) is 10.4. The van der Waals surface area contributed by atoms with Crippen molar-refractivity contribution >= 4 is 17.6 Å². The van der Waals surface area contributed by atoms with Crippen molar-refractivity contribution in [3.63, 3.8) is 0 Å². The standard InChI is InChI=1S/C19H18N4O3/c1-12-14(19(25)26-3)7-6-8-16(12)22-18(24)15-11-21-23(13(15)2)17-9-4-5-10-20-17/h4-11H,1-3H3,(H,22,24). The molecule has 3 rings (SSSR count). The van der Waals surface area contributed by atoms with Crippen LogP contribution in [0.2, 0.25) is 0 Å². The minimum Gasteiger partial charge on any atom is -0.465 e. The Labute approximate surface area is 150 Å². The second kappa shape index (κ2) is 7.18. The molecular weight excluding hydrogens is 332 g/mol. The second-order valence-corrected chi connectivity index (χ2v) is 5.67. The van der Waals surface area contributed by atoms with Crippen molar-refractivity contribution < 1.29 is 14.3 Å². The molecule has 7 heteroatoms. The van der Waals surface area contributed by atoms with Crippen LogP contribution >= 0.6 is 0 Å². The van der Waals surface area contributed by atoms with Crippen LogP contribution in [0.3, 0.4) is 0 Å². The molecule has 26 heavy (non-hydrogen) atoms. The fourth-order valence-corrected chi connectivity index (χ4v) is 2.63. The third-order valence-corrected chi connectivity index (χ3v) is 4.11. The maximum Gasteiger partial charge on any atom is 0.338 e. The number of hydrogen-bond donors (Lipinski definition) is 1. The van der Waals surface area contributed by atoms with Crippen molar-refractivity contribution in [2.45, 2.75) is 13.8 Å². The van der Waals surface area contributed by atoms with Gasteiger partial charge in [0.25, 0.3) is 5.91 Å². The summed E-state index contributed by atoms with van der Waals surface area (Å²) in [6, 6.07) is 10.6. The number of nitrogens with zero attached hydrogens (tertiary/aromatic N) is 3. The molecule has 2 aromatic heterocycles. The van der Waals surface area contributed by atoms with Crippen LogP contribution in [0.25, 0.3) is 5.82 Å². The maximum atomic E-state index is 12.7. The summed E-state index contributed by atoms with van der Waals surface area (Å²) in [5.41, 5.74) is 2.69. The molecule has 0 saturated heterocycles. The van der Waals surface area contributed by atoms with Crippen LogP contribution in [0, 0.1) is 13.8 Å². The number of esters is 1. The Bertz CT molecular complexity index is 964. The Morgan fingerprint density at radius 3 is 2.58 bits per heavy atom. The number of hydrogen-bond acceptors (Lipinski definition) is 5. The van der Waals surface area contributed by atoms with Crippen LogP contribution in [-0.2, 0) is 4.74 Å². The molecule has 0 aliphatic heterocycles. The van der Waals surface area contributed by atoms with E-state index in [-0.39, 0.29) is 5.91 Å². The molecular formula is C19H18N4O3. The number of carbonyl (C=O) groups is 2. The molecule has 1 N–H and O–H groups in total. The van der Waals surface area contributed by atoms with Crippen molar-refractivity contribution in [3.05, 3.63) is 71.2 Å². The van der Waals surface area contributed by atoms with Gasteiger partial charge in [0.2, 0.25) is 0 Å². The Morgan fingerprint density at radius 2 is 1.88 bits per heavy atom. The molecule has 0 radical (unpaired) electrons. The first kappa shape index (κ1) is 17.3. The molecule has 0 bridgehead atoms. The molecule has 0 atom stereocenters. The molecule has 3 aromatic rings. The van der Waals surface area contributed by atoms with E-state index in [4.69, 9.17) is 4.74 Å². The summed E-state index contributed by atoms with van der Waals surface area (Å²) in [5, 5.41) is 7.08. The van der Waals surface area contributed by atoms with Crippen molar-refractivity contribution in [3.8, 4) is 5.82 Å². The monoisotopic (exact) mass is 350 g/mol. The minimum absolute atomic E-state index is 0.310. The highest BCUT2D eigenvalue weighted by Crippen LogP contribution is 2.21. The summed E-state index contributed by atoms with van der Waals surface area (Å²) < 4.78 is 6.37. The van der Waals surface area contributed by atoms with E-state index in [2.05, 4.69) is 15.4 Å². The Morgan fingerprint density at radius 1 is 1.08 bits per heavy atom. The van der Waals surface area contributed by atoms with Crippen LogP contribution in [-0.4, -0.2) is 33.8 Å². The van der Waals surface area contributed by atoms with Crippen LogP contribution in [0.4, 0.5) is 5.69 Å². The molecule has 0 aliphatic rings. The number of anilines is 1. The highest BCUT2D eigenvalue weighted by Gasteiger charge is 2.18. The number of benzene rings is 1.